The molecule has 4 heteroatoms. The molecule has 0 heterocycles. The Morgan fingerprint density at radius 2 is 2.14 bits per heavy atom. The van der Waals surface area contributed by atoms with Gasteiger partial charge >= 0.3 is 0 Å². The van der Waals surface area contributed by atoms with Crippen LogP contribution >= 0.6 is 0 Å². The van der Waals surface area contributed by atoms with Gasteiger partial charge in [0.15, 0.2) is 0 Å². The van der Waals surface area contributed by atoms with Gasteiger partial charge in [-0.25, -0.2) is 0 Å². The number of amides is 1. The number of hydrogen-bond donors (Lipinski definition) is 3. The molecular weight excluding hydrogens is 180 g/mol. The second kappa shape index (κ2) is 4.75. The second-order valence-corrected chi connectivity index (χ2v) is 4.25. The van der Waals surface area contributed by atoms with Crippen molar-refractivity contribution < 1.29 is 9.90 Å². The van der Waals surface area contributed by atoms with E-state index in [0.717, 1.165) is 25.7 Å². The van der Waals surface area contributed by atoms with Gasteiger partial charge in [-0.05, 0) is 19.8 Å². The monoisotopic (exact) mass is 200 g/mol. The Balaban J connectivity index is 2.56. The average molecular weight is 200 g/mol. The number of rotatable bonds is 4. The lowest BCUT2D eigenvalue weighted by Gasteiger charge is -2.27. The summed E-state index contributed by atoms with van der Waals surface area (Å²) in [6.45, 7) is 2.18. The fourth-order valence-electron chi connectivity index (χ4n) is 2.00. The Morgan fingerprint density at radius 1 is 1.57 bits per heavy atom. The Morgan fingerprint density at radius 3 is 2.57 bits per heavy atom. The molecule has 0 radical (unpaired) electrons. The zero-order chi connectivity index (χ0) is 10.6. The number of nitrogens with two attached hydrogens (primary N) is 1. The molecule has 14 heavy (non-hydrogen) atoms. The molecule has 4 N–H and O–H groups in total. The van der Waals surface area contributed by atoms with Crippen molar-refractivity contribution in [3.05, 3.63) is 0 Å². The molecule has 1 aliphatic carbocycles. The van der Waals surface area contributed by atoms with E-state index in [-0.39, 0.29) is 24.0 Å². The third kappa shape index (κ3) is 2.25. The van der Waals surface area contributed by atoms with Gasteiger partial charge in [0, 0.05) is 12.6 Å². The Hall–Kier alpha value is -0.610. The highest BCUT2D eigenvalue weighted by molar-refractivity contribution is 5.83. The van der Waals surface area contributed by atoms with Gasteiger partial charge in [0.1, 0.15) is 0 Å². The predicted molar refractivity (Wildman–Crippen MR) is 54.6 cm³/mol. The molecule has 0 aliphatic heterocycles. The van der Waals surface area contributed by atoms with Gasteiger partial charge in [-0.15, -0.1) is 0 Å². The molecule has 0 aromatic rings. The van der Waals surface area contributed by atoms with Gasteiger partial charge in [0.2, 0.25) is 5.91 Å². The van der Waals surface area contributed by atoms with Crippen LogP contribution in [0.25, 0.3) is 0 Å². The number of carbonyl (C=O) groups is 1. The first kappa shape index (κ1) is 11.5. The lowest BCUT2D eigenvalue weighted by molar-refractivity contribution is -0.131. The van der Waals surface area contributed by atoms with Gasteiger partial charge in [-0.1, -0.05) is 12.8 Å². The Bertz CT molecular complexity index is 200. The molecule has 1 atom stereocenters. The van der Waals surface area contributed by atoms with E-state index < -0.39 is 0 Å². The first-order valence-corrected chi connectivity index (χ1v) is 5.26. The second-order valence-electron chi connectivity index (χ2n) is 4.25. The smallest absolute Gasteiger partial charge is 0.227 e. The van der Waals surface area contributed by atoms with Crippen molar-refractivity contribution in [1.29, 1.82) is 0 Å². The van der Waals surface area contributed by atoms with E-state index in [1.807, 2.05) is 0 Å². The highest BCUT2D eigenvalue weighted by atomic mass is 16.3. The fraction of sp³-hybridized carbons (Fsp3) is 0.900. The van der Waals surface area contributed by atoms with Gasteiger partial charge < -0.3 is 16.2 Å². The zero-order valence-electron chi connectivity index (χ0n) is 8.75. The molecule has 1 fully saturated rings. The van der Waals surface area contributed by atoms with Crippen molar-refractivity contribution in [2.45, 2.75) is 38.6 Å². The van der Waals surface area contributed by atoms with Crippen LogP contribution in [-0.2, 0) is 4.79 Å². The third-order valence-electron chi connectivity index (χ3n) is 3.08. The standard InChI is InChI=1S/C10H20N2O2/c1-8(6-13)12-9(14)10(7-11)4-2-3-5-10/h8,13H,2-7,11H2,1H3,(H,12,14). The summed E-state index contributed by atoms with van der Waals surface area (Å²) in [5.74, 6) is 0.0130. The minimum absolute atomic E-state index is 0.0130. The maximum atomic E-state index is 11.9. The Labute approximate surface area is 84.9 Å². The van der Waals surface area contributed by atoms with Crippen LogP contribution in [0.3, 0.4) is 0 Å². The number of aliphatic hydroxyl groups is 1. The SMILES string of the molecule is CC(CO)NC(=O)C1(CN)CCCC1. The van der Waals surface area contributed by atoms with Crippen molar-refractivity contribution in [2.75, 3.05) is 13.2 Å². The summed E-state index contributed by atoms with van der Waals surface area (Å²) < 4.78 is 0. The normalized spacial score (nSPS) is 21.9. The van der Waals surface area contributed by atoms with E-state index in [4.69, 9.17) is 10.8 Å². The molecule has 4 nitrogen and oxygen atoms in total. The van der Waals surface area contributed by atoms with E-state index in [9.17, 15) is 4.79 Å². The molecule has 1 saturated carbocycles. The van der Waals surface area contributed by atoms with Gasteiger partial charge in [-0.3, -0.25) is 4.79 Å². The lowest BCUT2D eigenvalue weighted by atomic mass is 9.85. The quantitative estimate of drug-likeness (QED) is 0.598. The van der Waals surface area contributed by atoms with Gasteiger partial charge in [0.05, 0.1) is 12.0 Å². The van der Waals surface area contributed by atoms with Crippen LogP contribution in [0.2, 0.25) is 0 Å². The molecular formula is C10H20N2O2. The summed E-state index contributed by atoms with van der Waals surface area (Å²) in [4.78, 5) is 11.9. The summed E-state index contributed by atoms with van der Waals surface area (Å²) in [6, 6.07) is -0.175. The molecule has 0 spiro atoms. The van der Waals surface area contributed by atoms with Crippen molar-refractivity contribution >= 4 is 5.91 Å². The third-order valence-corrected chi connectivity index (χ3v) is 3.08. The van der Waals surface area contributed by atoms with Crippen LogP contribution in [0.1, 0.15) is 32.6 Å². The van der Waals surface area contributed by atoms with E-state index >= 15 is 0 Å². The van der Waals surface area contributed by atoms with Crippen molar-refractivity contribution in [2.24, 2.45) is 11.1 Å². The van der Waals surface area contributed by atoms with Gasteiger partial charge in [-0.2, -0.15) is 0 Å². The van der Waals surface area contributed by atoms with E-state index in [1.165, 1.54) is 0 Å². The minimum atomic E-state index is -0.358. The minimum Gasteiger partial charge on any atom is -0.394 e. The first-order valence-electron chi connectivity index (χ1n) is 5.26. The van der Waals surface area contributed by atoms with Gasteiger partial charge in [0.25, 0.3) is 0 Å². The molecule has 0 aromatic carbocycles. The average Bonchev–Trinajstić information content (AvgIpc) is 2.67. The number of nitrogens with one attached hydrogen (secondary N) is 1. The molecule has 1 amide bonds. The molecule has 0 bridgehead atoms. The molecule has 82 valence electrons. The molecule has 1 rings (SSSR count). The van der Waals surface area contributed by atoms with Crippen molar-refractivity contribution in [3.63, 3.8) is 0 Å². The first-order chi connectivity index (χ1) is 6.64. The number of carbonyl (C=O) groups excluding carboxylic acids is 1. The van der Waals surface area contributed by atoms with Crippen molar-refractivity contribution in [3.8, 4) is 0 Å². The maximum absolute atomic E-state index is 11.9. The molecule has 0 aromatic heterocycles. The van der Waals surface area contributed by atoms with Crippen LogP contribution in [0.4, 0.5) is 0 Å². The molecule has 0 saturated heterocycles. The summed E-state index contributed by atoms with van der Waals surface area (Å²) in [7, 11) is 0. The van der Waals surface area contributed by atoms with Crippen LogP contribution in [0, 0.1) is 5.41 Å². The van der Waals surface area contributed by atoms with E-state index in [1.54, 1.807) is 6.92 Å². The topological polar surface area (TPSA) is 75.3 Å². The molecule has 1 unspecified atom stereocenters. The van der Waals surface area contributed by atoms with E-state index in [2.05, 4.69) is 5.32 Å². The summed E-state index contributed by atoms with van der Waals surface area (Å²) in [6.07, 6.45) is 3.93. The summed E-state index contributed by atoms with van der Waals surface area (Å²) in [5.41, 5.74) is 5.31. The van der Waals surface area contributed by atoms with Crippen LogP contribution < -0.4 is 11.1 Å². The van der Waals surface area contributed by atoms with Crippen molar-refractivity contribution in [1.82, 2.24) is 5.32 Å². The summed E-state index contributed by atoms with van der Waals surface area (Å²) >= 11 is 0. The zero-order valence-corrected chi connectivity index (χ0v) is 8.75. The molecule has 1 aliphatic rings. The number of aliphatic hydroxyl groups excluding tert-OH is 1. The van der Waals surface area contributed by atoms with Crippen LogP contribution in [0.5, 0.6) is 0 Å². The predicted octanol–water partition coefficient (Wildman–Crippen LogP) is 0.00250. The van der Waals surface area contributed by atoms with Crippen LogP contribution in [-0.4, -0.2) is 30.2 Å². The highest BCUT2D eigenvalue weighted by Crippen LogP contribution is 2.37. The maximum Gasteiger partial charge on any atom is 0.227 e. The summed E-state index contributed by atoms with van der Waals surface area (Å²) in [5, 5.41) is 11.6. The highest BCUT2D eigenvalue weighted by Gasteiger charge is 2.39. The fourth-order valence-corrected chi connectivity index (χ4v) is 2.00. The largest absolute Gasteiger partial charge is 0.394 e. The van der Waals surface area contributed by atoms with E-state index in [0.29, 0.717) is 6.54 Å². The number of hydrogen-bond acceptors (Lipinski definition) is 3. The lowest BCUT2D eigenvalue weighted by Crippen LogP contribution is -2.48. The van der Waals surface area contributed by atoms with Crippen LogP contribution in [0.15, 0.2) is 0 Å². The Kier molecular flexibility index (Phi) is 3.89.